The zero-order valence-corrected chi connectivity index (χ0v) is 9.49. The van der Waals surface area contributed by atoms with Gasteiger partial charge in [-0.3, -0.25) is 4.79 Å². The number of aldehydes is 1. The van der Waals surface area contributed by atoms with Crippen molar-refractivity contribution in [1.29, 1.82) is 0 Å². The van der Waals surface area contributed by atoms with E-state index in [1.165, 1.54) is 17.4 Å². The molecule has 4 heteroatoms. The molecule has 0 N–H and O–H groups in total. The number of benzene rings is 1. The Labute approximate surface area is 92.7 Å². The van der Waals surface area contributed by atoms with Crippen LogP contribution < -0.4 is 0 Å². The molecule has 0 radical (unpaired) electrons. The van der Waals surface area contributed by atoms with Crippen LogP contribution in [-0.2, 0) is 5.33 Å². The van der Waals surface area contributed by atoms with Crippen molar-refractivity contribution in [3.8, 4) is 0 Å². The lowest BCUT2D eigenvalue weighted by molar-refractivity contribution is 0.112. The molecule has 1 aromatic carbocycles. The highest BCUT2D eigenvalue weighted by Crippen LogP contribution is 2.29. The van der Waals surface area contributed by atoms with Gasteiger partial charge in [0.05, 0.1) is 0 Å². The average Bonchev–Trinajstić information content (AvgIpc) is 2.61. The van der Waals surface area contributed by atoms with Crippen LogP contribution in [0.3, 0.4) is 0 Å². The van der Waals surface area contributed by atoms with Crippen molar-refractivity contribution in [2.75, 3.05) is 0 Å². The van der Waals surface area contributed by atoms with Crippen LogP contribution in [0.1, 0.15) is 15.9 Å². The minimum atomic E-state index is -0.319. The van der Waals surface area contributed by atoms with Gasteiger partial charge in [-0.15, -0.1) is 11.3 Å². The molecular formula is C10H6BrFOS. The average molecular weight is 273 g/mol. The molecule has 0 amide bonds. The smallest absolute Gasteiger partial charge is 0.151 e. The monoisotopic (exact) mass is 272 g/mol. The molecule has 0 bridgehead atoms. The van der Waals surface area contributed by atoms with Crippen molar-refractivity contribution in [3.05, 3.63) is 34.5 Å². The Hall–Kier alpha value is -0.740. The molecule has 0 atom stereocenters. The van der Waals surface area contributed by atoms with Gasteiger partial charge in [-0.2, -0.15) is 0 Å². The summed E-state index contributed by atoms with van der Waals surface area (Å²) in [6, 6.07) is 3.35. The minimum absolute atomic E-state index is 0.319. The van der Waals surface area contributed by atoms with Crippen LogP contribution in [0.15, 0.2) is 17.5 Å². The first-order valence-corrected chi connectivity index (χ1v) is 5.97. The lowest BCUT2D eigenvalue weighted by Gasteiger charge is -1.98. The Balaban J connectivity index is 2.78. The normalized spacial score (nSPS) is 10.7. The van der Waals surface area contributed by atoms with Gasteiger partial charge in [-0.25, -0.2) is 4.39 Å². The summed E-state index contributed by atoms with van der Waals surface area (Å²) in [4.78, 5) is 10.6. The standard InChI is InChI=1S/C10H6BrFOS/c11-3-6-1-8(12)10-7(4-13)5-14-9(10)2-6/h1-2,4-5H,3H2. The third-order valence-electron chi connectivity index (χ3n) is 2.00. The Kier molecular flexibility index (Phi) is 2.65. The van der Waals surface area contributed by atoms with Crippen molar-refractivity contribution in [1.82, 2.24) is 0 Å². The number of hydrogen-bond donors (Lipinski definition) is 0. The maximum atomic E-state index is 13.5. The van der Waals surface area contributed by atoms with E-state index < -0.39 is 0 Å². The van der Waals surface area contributed by atoms with Gasteiger partial charge < -0.3 is 0 Å². The van der Waals surface area contributed by atoms with Crippen molar-refractivity contribution >= 4 is 43.6 Å². The summed E-state index contributed by atoms with van der Waals surface area (Å²) in [5.74, 6) is -0.319. The van der Waals surface area contributed by atoms with Crippen molar-refractivity contribution in [2.45, 2.75) is 5.33 Å². The van der Waals surface area contributed by atoms with E-state index in [-0.39, 0.29) is 5.82 Å². The molecule has 1 aromatic heterocycles. The summed E-state index contributed by atoms with van der Waals surface area (Å²) in [5, 5.41) is 2.74. The maximum absolute atomic E-state index is 13.5. The van der Waals surface area contributed by atoms with Gasteiger partial charge in [0.25, 0.3) is 0 Å². The molecule has 2 aromatic rings. The zero-order valence-electron chi connectivity index (χ0n) is 7.09. The van der Waals surface area contributed by atoms with Crippen molar-refractivity contribution in [2.24, 2.45) is 0 Å². The van der Waals surface area contributed by atoms with E-state index in [1.54, 1.807) is 5.38 Å². The summed E-state index contributed by atoms with van der Waals surface area (Å²) in [6.45, 7) is 0. The number of fused-ring (bicyclic) bond motifs is 1. The molecule has 0 aliphatic rings. The molecule has 72 valence electrons. The Bertz CT molecular complexity index is 492. The summed E-state index contributed by atoms with van der Waals surface area (Å²) in [6.07, 6.45) is 0.690. The molecule has 0 unspecified atom stereocenters. The van der Waals surface area contributed by atoms with E-state index in [0.717, 1.165) is 10.3 Å². The summed E-state index contributed by atoms with van der Waals surface area (Å²) < 4.78 is 14.4. The van der Waals surface area contributed by atoms with Gasteiger partial charge in [0.15, 0.2) is 6.29 Å². The minimum Gasteiger partial charge on any atom is -0.298 e. The van der Waals surface area contributed by atoms with Gasteiger partial charge in [0.1, 0.15) is 5.82 Å². The van der Waals surface area contributed by atoms with Gasteiger partial charge in [-0.1, -0.05) is 15.9 Å². The summed E-state index contributed by atoms with van der Waals surface area (Å²) in [7, 11) is 0. The molecule has 0 fully saturated rings. The molecule has 0 saturated carbocycles. The van der Waals surface area contributed by atoms with Crippen LogP contribution in [0.2, 0.25) is 0 Å². The highest BCUT2D eigenvalue weighted by Gasteiger charge is 2.09. The molecule has 0 aliphatic heterocycles. The Morgan fingerprint density at radius 2 is 2.29 bits per heavy atom. The molecular weight excluding hydrogens is 267 g/mol. The van der Waals surface area contributed by atoms with E-state index in [1.807, 2.05) is 6.07 Å². The fourth-order valence-electron chi connectivity index (χ4n) is 1.36. The number of hydrogen-bond acceptors (Lipinski definition) is 2. The summed E-state index contributed by atoms with van der Waals surface area (Å²) in [5.41, 5.74) is 1.32. The quantitative estimate of drug-likeness (QED) is 0.601. The maximum Gasteiger partial charge on any atom is 0.151 e. The molecule has 1 nitrogen and oxygen atoms in total. The van der Waals surface area contributed by atoms with E-state index in [0.29, 0.717) is 22.6 Å². The number of rotatable bonds is 2. The molecule has 0 saturated heterocycles. The van der Waals surface area contributed by atoms with E-state index in [4.69, 9.17) is 0 Å². The Morgan fingerprint density at radius 3 is 2.93 bits per heavy atom. The SMILES string of the molecule is O=Cc1csc2cc(CBr)cc(F)c12. The van der Waals surface area contributed by atoms with Crippen LogP contribution in [0.25, 0.3) is 10.1 Å². The molecule has 14 heavy (non-hydrogen) atoms. The number of carbonyl (C=O) groups excluding carboxylic acids is 1. The molecule has 0 aliphatic carbocycles. The third-order valence-corrected chi connectivity index (χ3v) is 3.59. The van der Waals surface area contributed by atoms with E-state index >= 15 is 0 Å². The second-order valence-corrected chi connectivity index (χ2v) is 4.37. The van der Waals surface area contributed by atoms with E-state index in [9.17, 15) is 9.18 Å². The topological polar surface area (TPSA) is 17.1 Å². The van der Waals surface area contributed by atoms with Crippen LogP contribution in [0.4, 0.5) is 4.39 Å². The fraction of sp³-hybridized carbons (Fsp3) is 0.100. The van der Waals surface area contributed by atoms with Crippen molar-refractivity contribution < 1.29 is 9.18 Å². The molecule has 1 heterocycles. The molecule has 2 rings (SSSR count). The van der Waals surface area contributed by atoms with Crippen LogP contribution in [-0.4, -0.2) is 6.29 Å². The highest BCUT2D eigenvalue weighted by molar-refractivity contribution is 9.08. The van der Waals surface area contributed by atoms with Gasteiger partial charge in [0.2, 0.25) is 0 Å². The lowest BCUT2D eigenvalue weighted by atomic mass is 10.1. The number of thiophene rings is 1. The zero-order chi connectivity index (χ0) is 10.1. The number of halogens is 2. The predicted octanol–water partition coefficient (Wildman–Crippen LogP) is 3.75. The van der Waals surface area contributed by atoms with Gasteiger partial charge in [0, 0.05) is 26.4 Å². The largest absolute Gasteiger partial charge is 0.298 e. The van der Waals surface area contributed by atoms with Crippen LogP contribution >= 0.6 is 27.3 Å². The van der Waals surface area contributed by atoms with Gasteiger partial charge in [-0.05, 0) is 17.7 Å². The predicted molar refractivity (Wildman–Crippen MR) is 59.8 cm³/mol. The van der Waals surface area contributed by atoms with Crippen molar-refractivity contribution in [3.63, 3.8) is 0 Å². The second kappa shape index (κ2) is 3.79. The lowest BCUT2D eigenvalue weighted by Crippen LogP contribution is -1.84. The fourth-order valence-corrected chi connectivity index (χ4v) is 2.66. The first-order chi connectivity index (χ1) is 6.76. The second-order valence-electron chi connectivity index (χ2n) is 2.89. The van der Waals surface area contributed by atoms with Gasteiger partial charge >= 0.3 is 0 Å². The van der Waals surface area contributed by atoms with Crippen LogP contribution in [0.5, 0.6) is 0 Å². The number of alkyl halides is 1. The number of carbonyl (C=O) groups is 1. The summed E-state index contributed by atoms with van der Waals surface area (Å²) >= 11 is 4.66. The Morgan fingerprint density at radius 1 is 1.50 bits per heavy atom. The highest BCUT2D eigenvalue weighted by atomic mass is 79.9. The van der Waals surface area contributed by atoms with Crippen LogP contribution in [0, 0.1) is 5.82 Å². The van der Waals surface area contributed by atoms with E-state index in [2.05, 4.69) is 15.9 Å². The molecule has 0 spiro atoms. The first-order valence-electron chi connectivity index (χ1n) is 3.97. The first kappa shape index (κ1) is 9.80. The third kappa shape index (κ3) is 1.48.